The summed E-state index contributed by atoms with van der Waals surface area (Å²) in [4.78, 5) is 16.5. The Kier molecular flexibility index (Phi) is 6.95. The van der Waals surface area contributed by atoms with Gasteiger partial charge in [-0.05, 0) is 29.8 Å². The number of aliphatic hydroxyl groups excluding tert-OH is 1. The number of benzene rings is 1. The van der Waals surface area contributed by atoms with Crippen LogP contribution in [0.3, 0.4) is 0 Å². The molecule has 0 bridgehead atoms. The molecule has 7 nitrogen and oxygen atoms in total. The number of ether oxygens (including phenoxy) is 3. The molecule has 156 valence electrons. The monoisotopic (exact) mass is 400 g/mol. The Hall–Kier alpha value is -2.77. The second-order valence-corrected chi connectivity index (χ2v) is 6.92. The molecular weight excluding hydrogens is 372 g/mol. The van der Waals surface area contributed by atoms with Gasteiger partial charge in [-0.1, -0.05) is 18.2 Å². The number of nitrogens with zero attached hydrogens (tertiary/aromatic N) is 2. The first-order valence-electron chi connectivity index (χ1n) is 9.62. The van der Waals surface area contributed by atoms with Crippen molar-refractivity contribution >= 4 is 5.69 Å². The third-order valence-electron chi connectivity index (χ3n) is 5.19. The molecule has 1 aliphatic rings. The van der Waals surface area contributed by atoms with Crippen LogP contribution in [0.4, 0.5) is 5.69 Å². The maximum absolute atomic E-state index is 12.2. The third-order valence-corrected chi connectivity index (χ3v) is 5.19. The minimum absolute atomic E-state index is 0.0286. The fraction of sp³-hybridized carbons (Fsp3) is 0.409. The first-order chi connectivity index (χ1) is 14.1. The summed E-state index contributed by atoms with van der Waals surface area (Å²) in [6.45, 7) is 3.49. The summed E-state index contributed by atoms with van der Waals surface area (Å²) >= 11 is 0. The van der Waals surface area contributed by atoms with E-state index in [2.05, 4.69) is 9.80 Å². The largest absolute Gasteiger partial charge is 0.493 e. The normalized spacial score (nSPS) is 15.7. The topological polar surface area (TPSA) is 71.5 Å². The van der Waals surface area contributed by atoms with Gasteiger partial charge in [0.2, 0.25) is 11.2 Å². The SMILES string of the molecule is COc1cc(C(O)CN2CCN(c3cccccc3=O)CC2)cc(OC)c1OC. The van der Waals surface area contributed by atoms with Gasteiger partial charge in [0.1, 0.15) is 0 Å². The van der Waals surface area contributed by atoms with Gasteiger partial charge in [-0.25, -0.2) is 0 Å². The highest BCUT2D eigenvalue weighted by Gasteiger charge is 2.23. The Balaban J connectivity index is 1.66. The molecule has 29 heavy (non-hydrogen) atoms. The number of rotatable bonds is 7. The second-order valence-electron chi connectivity index (χ2n) is 6.92. The first-order valence-corrected chi connectivity index (χ1v) is 9.62. The van der Waals surface area contributed by atoms with E-state index in [-0.39, 0.29) is 5.43 Å². The lowest BCUT2D eigenvalue weighted by atomic mass is 10.1. The Bertz CT molecular complexity index is 856. The second kappa shape index (κ2) is 9.62. The molecule has 3 rings (SSSR count). The van der Waals surface area contributed by atoms with Gasteiger partial charge < -0.3 is 24.2 Å². The lowest BCUT2D eigenvalue weighted by Crippen LogP contribution is -2.48. The zero-order valence-corrected chi connectivity index (χ0v) is 17.1. The standard InChI is InChI=1S/C22H28N2O5/c1-27-20-13-16(14-21(28-2)22(20)29-3)19(26)15-23-9-11-24(12-10-23)17-7-5-4-6-8-18(17)25/h4-8,13-14,19,26H,9-12,15H2,1-3H3. The van der Waals surface area contributed by atoms with E-state index >= 15 is 0 Å². The van der Waals surface area contributed by atoms with Gasteiger partial charge in [-0.3, -0.25) is 9.69 Å². The van der Waals surface area contributed by atoms with Crippen molar-refractivity contribution in [3.63, 3.8) is 0 Å². The fourth-order valence-electron chi connectivity index (χ4n) is 3.60. The quantitative estimate of drug-likeness (QED) is 0.761. The lowest BCUT2D eigenvalue weighted by molar-refractivity contribution is 0.109. The predicted molar refractivity (Wildman–Crippen MR) is 112 cm³/mol. The number of aliphatic hydroxyl groups is 1. The highest BCUT2D eigenvalue weighted by Crippen LogP contribution is 2.39. The van der Waals surface area contributed by atoms with Crippen molar-refractivity contribution in [2.45, 2.75) is 6.10 Å². The molecule has 0 aliphatic carbocycles. The average molecular weight is 400 g/mol. The van der Waals surface area contributed by atoms with Gasteiger partial charge in [0.05, 0.1) is 33.1 Å². The highest BCUT2D eigenvalue weighted by atomic mass is 16.5. The van der Waals surface area contributed by atoms with Crippen LogP contribution in [0.1, 0.15) is 11.7 Å². The van der Waals surface area contributed by atoms with E-state index in [4.69, 9.17) is 14.2 Å². The molecule has 1 unspecified atom stereocenters. The van der Waals surface area contributed by atoms with E-state index < -0.39 is 6.10 Å². The molecule has 0 aromatic heterocycles. The predicted octanol–water partition coefficient (Wildman–Crippen LogP) is 1.93. The fourth-order valence-corrected chi connectivity index (χ4v) is 3.60. The van der Waals surface area contributed by atoms with Crippen molar-refractivity contribution in [3.05, 3.63) is 58.3 Å². The molecule has 0 radical (unpaired) electrons. The van der Waals surface area contributed by atoms with Crippen LogP contribution in [0.5, 0.6) is 17.2 Å². The molecule has 1 heterocycles. The number of piperazine rings is 1. The van der Waals surface area contributed by atoms with E-state index in [9.17, 15) is 9.90 Å². The number of hydrogen-bond donors (Lipinski definition) is 1. The number of hydrogen-bond acceptors (Lipinski definition) is 7. The Morgan fingerprint density at radius 2 is 1.55 bits per heavy atom. The Labute approximate surface area is 171 Å². The van der Waals surface area contributed by atoms with Crippen molar-refractivity contribution in [2.24, 2.45) is 0 Å². The molecule has 0 saturated carbocycles. The molecule has 1 saturated heterocycles. The van der Waals surface area contributed by atoms with Gasteiger partial charge >= 0.3 is 0 Å². The molecule has 1 aliphatic heterocycles. The molecular formula is C22H28N2O5. The molecule has 0 spiro atoms. The third kappa shape index (κ3) is 4.81. The van der Waals surface area contributed by atoms with Crippen LogP contribution in [-0.4, -0.2) is 64.1 Å². The molecule has 0 amide bonds. The van der Waals surface area contributed by atoms with Crippen LogP contribution >= 0.6 is 0 Å². The summed E-state index contributed by atoms with van der Waals surface area (Å²) in [6.07, 6.45) is -0.695. The van der Waals surface area contributed by atoms with Gasteiger partial charge in [-0.2, -0.15) is 0 Å². The number of methoxy groups -OCH3 is 3. The molecule has 1 atom stereocenters. The van der Waals surface area contributed by atoms with Crippen LogP contribution in [0.15, 0.2) is 47.3 Å². The van der Waals surface area contributed by atoms with E-state index in [0.29, 0.717) is 29.4 Å². The van der Waals surface area contributed by atoms with Crippen LogP contribution in [-0.2, 0) is 0 Å². The lowest BCUT2D eigenvalue weighted by Gasteiger charge is -2.36. The van der Waals surface area contributed by atoms with Gasteiger partial charge in [0, 0.05) is 32.7 Å². The van der Waals surface area contributed by atoms with E-state index in [0.717, 1.165) is 31.9 Å². The summed E-state index contributed by atoms with van der Waals surface area (Å²) in [5, 5.41) is 10.8. The van der Waals surface area contributed by atoms with Crippen LogP contribution in [0.25, 0.3) is 0 Å². The van der Waals surface area contributed by atoms with Crippen molar-refractivity contribution in [1.29, 1.82) is 0 Å². The highest BCUT2D eigenvalue weighted by molar-refractivity contribution is 5.54. The minimum Gasteiger partial charge on any atom is -0.493 e. The molecule has 2 aromatic rings. The van der Waals surface area contributed by atoms with Crippen LogP contribution in [0, 0.1) is 0 Å². The minimum atomic E-state index is -0.695. The molecule has 7 heteroatoms. The summed E-state index contributed by atoms with van der Waals surface area (Å²) in [5.74, 6) is 1.54. The molecule has 1 N–H and O–H groups in total. The van der Waals surface area contributed by atoms with Gasteiger partial charge in [0.15, 0.2) is 11.5 Å². The maximum atomic E-state index is 12.2. The van der Waals surface area contributed by atoms with Crippen molar-refractivity contribution < 1.29 is 19.3 Å². The number of anilines is 1. The zero-order chi connectivity index (χ0) is 20.8. The van der Waals surface area contributed by atoms with Crippen LogP contribution < -0.4 is 24.5 Å². The van der Waals surface area contributed by atoms with Gasteiger partial charge in [-0.15, -0.1) is 0 Å². The van der Waals surface area contributed by atoms with Crippen LogP contribution in [0.2, 0.25) is 0 Å². The molecule has 2 aromatic carbocycles. The first kappa shape index (κ1) is 21.0. The summed E-state index contributed by atoms with van der Waals surface area (Å²) in [5.41, 5.74) is 1.46. The molecule has 1 fully saturated rings. The summed E-state index contributed by atoms with van der Waals surface area (Å²) < 4.78 is 16.1. The van der Waals surface area contributed by atoms with E-state index in [1.807, 2.05) is 18.2 Å². The van der Waals surface area contributed by atoms with Crippen molar-refractivity contribution in [3.8, 4) is 17.2 Å². The Morgan fingerprint density at radius 3 is 2.14 bits per heavy atom. The van der Waals surface area contributed by atoms with Gasteiger partial charge in [0.25, 0.3) is 0 Å². The van der Waals surface area contributed by atoms with E-state index in [1.165, 1.54) is 0 Å². The van der Waals surface area contributed by atoms with E-state index in [1.54, 1.807) is 45.6 Å². The number of β-amino-alcohol motifs (C(OH)–C–C–N with tert-alkyl or cyclic N) is 1. The zero-order valence-electron chi connectivity index (χ0n) is 17.1. The van der Waals surface area contributed by atoms with Crippen molar-refractivity contribution in [1.82, 2.24) is 4.90 Å². The summed E-state index contributed by atoms with van der Waals surface area (Å²) in [7, 11) is 4.66. The van der Waals surface area contributed by atoms with Crippen molar-refractivity contribution in [2.75, 3.05) is 59.0 Å². The summed E-state index contributed by atoms with van der Waals surface area (Å²) in [6, 6.07) is 12.5. The maximum Gasteiger partial charge on any atom is 0.203 e. The Morgan fingerprint density at radius 1 is 0.931 bits per heavy atom. The average Bonchev–Trinajstić information content (AvgIpc) is 2.97. The smallest absolute Gasteiger partial charge is 0.203 e.